The molecule has 114 valence electrons. The predicted molar refractivity (Wildman–Crippen MR) is 92.8 cm³/mol. The Labute approximate surface area is 138 Å². The average Bonchev–Trinajstić information content (AvgIpc) is 3.04. The lowest BCUT2D eigenvalue weighted by molar-refractivity contribution is -0.116. The van der Waals surface area contributed by atoms with Crippen molar-refractivity contribution in [2.24, 2.45) is 0 Å². The van der Waals surface area contributed by atoms with Crippen LogP contribution in [0, 0.1) is 0 Å². The van der Waals surface area contributed by atoms with E-state index in [0.29, 0.717) is 5.75 Å². The van der Waals surface area contributed by atoms with Gasteiger partial charge in [-0.15, -0.1) is 0 Å². The molecule has 0 spiro atoms. The second-order valence-electron chi connectivity index (χ2n) is 5.41. The highest BCUT2D eigenvalue weighted by Crippen LogP contribution is 2.29. The Hall–Kier alpha value is -2.40. The van der Waals surface area contributed by atoms with Gasteiger partial charge in [0.2, 0.25) is 5.91 Å². The molecule has 0 fully saturated rings. The lowest BCUT2D eigenvalue weighted by Crippen LogP contribution is -2.30. The van der Waals surface area contributed by atoms with E-state index >= 15 is 0 Å². The van der Waals surface area contributed by atoms with Gasteiger partial charge in [-0.3, -0.25) is 4.79 Å². The van der Waals surface area contributed by atoms with E-state index in [4.69, 9.17) is 0 Å². The first-order chi connectivity index (χ1) is 11.3. The van der Waals surface area contributed by atoms with Gasteiger partial charge < -0.3 is 4.90 Å². The van der Waals surface area contributed by atoms with Crippen molar-refractivity contribution < 1.29 is 4.79 Å². The van der Waals surface area contributed by atoms with Gasteiger partial charge in [-0.1, -0.05) is 48.2 Å². The molecule has 2 aromatic carbocycles. The van der Waals surface area contributed by atoms with Gasteiger partial charge in [0.05, 0.1) is 11.3 Å². The largest absolute Gasteiger partial charge is 0.311 e. The lowest BCUT2D eigenvalue weighted by atomic mass is 10.2. The maximum Gasteiger partial charge on any atom is 0.237 e. The number of thioether (sulfide) groups is 1. The number of hydrogen-bond acceptors (Lipinski definition) is 4. The van der Waals surface area contributed by atoms with E-state index in [2.05, 4.69) is 16.0 Å². The molecule has 2 heterocycles. The van der Waals surface area contributed by atoms with Gasteiger partial charge in [0, 0.05) is 17.6 Å². The smallest absolute Gasteiger partial charge is 0.237 e. The van der Waals surface area contributed by atoms with Crippen molar-refractivity contribution in [1.29, 1.82) is 0 Å². The molecule has 4 nitrogen and oxygen atoms in total. The Morgan fingerprint density at radius 1 is 1.09 bits per heavy atom. The molecule has 1 aliphatic rings. The van der Waals surface area contributed by atoms with E-state index in [-0.39, 0.29) is 5.91 Å². The zero-order valence-electron chi connectivity index (χ0n) is 12.5. The molecular formula is C18H15N3OS. The quantitative estimate of drug-likeness (QED) is 0.548. The second kappa shape index (κ2) is 6.01. The van der Waals surface area contributed by atoms with Crippen molar-refractivity contribution >= 4 is 34.3 Å². The summed E-state index contributed by atoms with van der Waals surface area (Å²) in [6.07, 6.45) is 2.49. The van der Waals surface area contributed by atoms with Crippen LogP contribution < -0.4 is 4.90 Å². The summed E-state index contributed by atoms with van der Waals surface area (Å²) in [6, 6.07) is 16.0. The molecule has 0 bridgehead atoms. The number of fused-ring (bicyclic) bond motifs is 2. The minimum absolute atomic E-state index is 0.127. The number of amides is 1. The Morgan fingerprint density at radius 2 is 1.91 bits per heavy atom. The summed E-state index contributed by atoms with van der Waals surface area (Å²) >= 11 is 1.48. The van der Waals surface area contributed by atoms with Gasteiger partial charge in [-0.2, -0.15) is 0 Å². The molecule has 0 saturated heterocycles. The Morgan fingerprint density at radius 3 is 2.87 bits per heavy atom. The van der Waals surface area contributed by atoms with Crippen LogP contribution >= 0.6 is 11.8 Å². The number of rotatable bonds is 3. The summed E-state index contributed by atoms with van der Waals surface area (Å²) < 4.78 is 0. The summed E-state index contributed by atoms with van der Waals surface area (Å²) in [7, 11) is 0. The van der Waals surface area contributed by atoms with Crippen LogP contribution in [0.2, 0.25) is 0 Å². The SMILES string of the molecule is O=C(CSc1ncnc2ccccc12)N1CCc2ccccc21. The van der Waals surface area contributed by atoms with Gasteiger partial charge in [0.25, 0.3) is 0 Å². The van der Waals surface area contributed by atoms with Crippen molar-refractivity contribution in [2.45, 2.75) is 11.4 Å². The molecule has 23 heavy (non-hydrogen) atoms. The molecular weight excluding hydrogens is 306 g/mol. The molecule has 5 heteroatoms. The summed E-state index contributed by atoms with van der Waals surface area (Å²) in [5.41, 5.74) is 3.20. The zero-order chi connectivity index (χ0) is 15.6. The third kappa shape index (κ3) is 2.68. The maximum absolute atomic E-state index is 12.6. The minimum Gasteiger partial charge on any atom is -0.311 e. The summed E-state index contributed by atoms with van der Waals surface area (Å²) in [5.74, 6) is 0.512. The molecule has 0 unspecified atom stereocenters. The number of nitrogens with zero attached hydrogens (tertiary/aromatic N) is 3. The molecule has 0 aliphatic carbocycles. The van der Waals surface area contributed by atoms with Crippen molar-refractivity contribution in [3.8, 4) is 0 Å². The molecule has 0 radical (unpaired) electrons. The Kier molecular flexibility index (Phi) is 3.71. The standard InChI is InChI=1S/C18H15N3OS/c22-17(21-10-9-13-5-1-4-8-16(13)21)11-23-18-14-6-2-3-7-15(14)19-12-20-18/h1-8,12H,9-11H2. The third-order valence-electron chi connectivity index (χ3n) is 4.03. The van der Waals surface area contributed by atoms with Crippen LogP contribution in [0.15, 0.2) is 59.9 Å². The molecule has 3 aromatic rings. The van der Waals surface area contributed by atoms with Crippen LogP contribution in [-0.4, -0.2) is 28.2 Å². The molecule has 1 aliphatic heterocycles. The Bertz CT molecular complexity index is 876. The minimum atomic E-state index is 0.127. The van der Waals surface area contributed by atoms with Crippen LogP contribution in [0.25, 0.3) is 10.9 Å². The first kappa shape index (κ1) is 14.2. The van der Waals surface area contributed by atoms with Crippen LogP contribution in [0.1, 0.15) is 5.56 Å². The van der Waals surface area contributed by atoms with Gasteiger partial charge in [0.15, 0.2) is 0 Å². The first-order valence-electron chi connectivity index (χ1n) is 7.54. The highest BCUT2D eigenvalue weighted by molar-refractivity contribution is 8.00. The van der Waals surface area contributed by atoms with Crippen LogP contribution in [0.4, 0.5) is 5.69 Å². The first-order valence-corrected chi connectivity index (χ1v) is 8.52. The van der Waals surface area contributed by atoms with E-state index in [1.807, 2.05) is 47.4 Å². The Balaban J connectivity index is 1.52. The van der Waals surface area contributed by atoms with E-state index in [1.54, 1.807) is 6.33 Å². The zero-order valence-corrected chi connectivity index (χ0v) is 13.3. The van der Waals surface area contributed by atoms with Gasteiger partial charge >= 0.3 is 0 Å². The fourth-order valence-corrected chi connectivity index (χ4v) is 3.77. The van der Waals surface area contributed by atoms with Crippen LogP contribution in [0.5, 0.6) is 0 Å². The summed E-state index contributed by atoms with van der Waals surface area (Å²) in [6.45, 7) is 0.767. The number of carbonyl (C=O) groups excluding carboxylic acids is 1. The van der Waals surface area contributed by atoms with Crippen LogP contribution in [0.3, 0.4) is 0 Å². The van der Waals surface area contributed by atoms with Gasteiger partial charge in [-0.05, 0) is 24.1 Å². The molecule has 4 rings (SSSR count). The fraction of sp³-hybridized carbons (Fsp3) is 0.167. The predicted octanol–water partition coefficient (Wildman–Crippen LogP) is 3.31. The number of benzene rings is 2. The van der Waals surface area contributed by atoms with Crippen molar-refractivity contribution in [3.05, 3.63) is 60.4 Å². The van der Waals surface area contributed by atoms with Gasteiger partial charge in [0.1, 0.15) is 11.4 Å². The second-order valence-corrected chi connectivity index (χ2v) is 6.37. The van der Waals surface area contributed by atoms with E-state index in [9.17, 15) is 4.79 Å². The molecule has 1 aromatic heterocycles. The summed E-state index contributed by atoms with van der Waals surface area (Å²) in [5, 5.41) is 1.85. The monoisotopic (exact) mass is 321 g/mol. The topological polar surface area (TPSA) is 46.1 Å². The van der Waals surface area contributed by atoms with E-state index in [0.717, 1.165) is 34.6 Å². The number of hydrogen-bond donors (Lipinski definition) is 0. The van der Waals surface area contributed by atoms with E-state index < -0.39 is 0 Å². The molecule has 1 amide bonds. The van der Waals surface area contributed by atoms with Crippen molar-refractivity contribution in [1.82, 2.24) is 9.97 Å². The molecule has 0 atom stereocenters. The number of carbonyl (C=O) groups is 1. The normalized spacial score (nSPS) is 13.3. The van der Waals surface area contributed by atoms with Crippen molar-refractivity contribution in [2.75, 3.05) is 17.2 Å². The summed E-state index contributed by atoms with van der Waals surface area (Å²) in [4.78, 5) is 23.0. The fourth-order valence-electron chi connectivity index (χ4n) is 2.90. The number of anilines is 1. The number of aromatic nitrogens is 2. The average molecular weight is 321 g/mol. The number of para-hydroxylation sites is 2. The van der Waals surface area contributed by atoms with Crippen LogP contribution in [-0.2, 0) is 11.2 Å². The third-order valence-corrected chi connectivity index (χ3v) is 5.02. The highest BCUT2D eigenvalue weighted by Gasteiger charge is 2.24. The van der Waals surface area contributed by atoms with Crippen molar-refractivity contribution in [3.63, 3.8) is 0 Å². The van der Waals surface area contributed by atoms with E-state index in [1.165, 1.54) is 17.3 Å². The molecule has 0 saturated carbocycles. The lowest BCUT2D eigenvalue weighted by Gasteiger charge is -2.17. The van der Waals surface area contributed by atoms with Gasteiger partial charge in [-0.25, -0.2) is 9.97 Å². The highest BCUT2D eigenvalue weighted by atomic mass is 32.2. The molecule has 0 N–H and O–H groups in total. The maximum atomic E-state index is 12.6.